The molecule has 0 aliphatic carbocycles. The van der Waals surface area contributed by atoms with Crippen molar-refractivity contribution < 1.29 is 14.3 Å². The fraction of sp³-hybridized carbons (Fsp3) is 0.200. The van der Waals surface area contributed by atoms with E-state index >= 15 is 0 Å². The lowest BCUT2D eigenvalue weighted by Crippen LogP contribution is -2.30. The number of hydrogen-bond acceptors (Lipinski definition) is 5. The zero-order valence-electron chi connectivity index (χ0n) is 14.6. The Balaban J connectivity index is 1.67. The molecule has 0 saturated heterocycles. The second-order valence-corrected chi connectivity index (χ2v) is 6.39. The average molecular weight is 368 g/mol. The minimum Gasteiger partial charge on any atom is -0.493 e. The Bertz CT molecular complexity index is 864. The van der Waals surface area contributed by atoms with E-state index in [4.69, 9.17) is 9.47 Å². The number of nitrogens with one attached hydrogen (secondary N) is 1. The van der Waals surface area contributed by atoms with Gasteiger partial charge in [0.15, 0.2) is 11.2 Å². The Morgan fingerprint density at radius 2 is 1.88 bits per heavy atom. The Morgan fingerprint density at radius 1 is 1.15 bits per heavy atom. The molecule has 1 atom stereocenters. The quantitative estimate of drug-likeness (QED) is 0.661. The van der Waals surface area contributed by atoms with E-state index in [1.54, 1.807) is 6.92 Å². The summed E-state index contributed by atoms with van der Waals surface area (Å²) in [6, 6.07) is 17.0. The van der Waals surface area contributed by atoms with Crippen LogP contribution in [-0.2, 0) is 4.79 Å². The lowest BCUT2D eigenvalue weighted by molar-refractivity contribution is -0.122. The molecule has 5 nitrogen and oxygen atoms in total. The van der Waals surface area contributed by atoms with E-state index < -0.39 is 6.10 Å². The fourth-order valence-electron chi connectivity index (χ4n) is 2.38. The van der Waals surface area contributed by atoms with E-state index in [0.717, 1.165) is 17.0 Å². The van der Waals surface area contributed by atoms with Crippen molar-refractivity contribution in [3.05, 3.63) is 60.0 Å². The van der Waals surface area contributed by atoms with Crippen molar-refractivity contribution >= 4 is 22.4 Å². The maximum atomic E-state index is 12.3. The molecule has 1 unspecified atom stereocenters. The number of ether oxygens (including phenoxy) is 2. The number of nitrogens with zero attached hydrogens (tertiary/aromatic N) is 1. The molecule has 0 radical (unpaired) electrons. The van der Waals surface area contributed by atoms with Gasteiger partial charge in [-0.2, -0.15) is 0 Å². The van der Waals surface area contributed by atoms with Gasteiger partial charge >= 0.3 is 0 Å². The SMILES string of the molecule is CCOc1ccccc1-c1csc(NC(=O)C(C)Oc2ccccc2)n1. The molecule has 0 saturated carbocycles. The van der Waals surface area contributed by atoms with Crippen molar-refractivity contribution in [2.45, 2.75) is 20.0 Å². The highest BCUT2D eigenvalue weighted by Crippen LogP contribution is 2.32. The molecule has 134 valence electrons. The van der Waals surface area contributed by atoms with Crippen molar-refractivity contribution in [3.63, 3.8) is 0 Å². The van der Waals surface area contributed by atoms with Crippen LogP contribution in [0.3, 0.4) is 0 Å². The highest BCUT2D eigenvalue weighted by atomic mass is 32.1. The summed E-state index contributed by atoms with van der Waals surface area (Å²) in [5.74, 6) is 1.19. The van der Waals surface area contributed by atoms with E-state index in [2.05, 4.69) is 10.3 Å². The first kappa shape index (κ1) is 17.9. The Labute approximate surface area is 156 Å². The maximum absolute atomic E-state index is 12.3. The number of aromatic nitrogens is 1. The minimum absolute atomic E-state index is 0.243. The van der Waals surface area contributed by atoms with E-state index in [1.807, 2.05) is 66.9 Å². The van der Waals surface area contributed by atoms with Gasteiger partial charge in [-0.15, -0.1) is 11.3 Å². The van der Waals surface area contributed by atoms with Crippen molar-refractivity contribution in [3.8, 4) is 22.8 Å². The number of hydrogen-bond donors (Lipinski definition) is 1. The number of para-hydroxylation sites is 2. The first-order valence-corrected chi connectivity index (χ1v) is 9.25. The van der Waals surface area contributed by atoms with Gasteiger partial charge in [0.05, 0.1) is 12.3 Å². The van der Waals surface area contributed by atoms with Crippen molar-refractivity contribution in [1.82, 2.24) is 4.98 Å². The van der Waals surface area contributed by atoms with Crippen molar-refractivity contribution in [2.24, 2.45) is 0 Å². The first-order chi connectivity index (χ1) is 12.7. The summed E-state index contributed by atoms with van der Waals surface area (Å²) in [6.45, 7) is 4.23. The molecule has 0 spiro atoms. The second-order valence-electron chi connectivity index (χ2n) is 5.53. The topological polar surface area (TPSA) is 60.5 Å². The molecule has 6 heteroatoms. The lowest BCUT2D eigenvalue weighted by Gasteiger charge is -2.13. The molecule has 1 N–H and O–H groups in total. The number of carbonyl (C=O) groups is 1. The third-order valence-corrected chi connectivity index (χ3v) is 4.38. The molecule has 0 fully saturated rings. The summed E-state index contributed by atoms with van der Waals surface area (Å²) in [5.41, 5.74) is 1.67. The van der Waals surface area contributed by atoms with Crippen LogP contribution < -0.4 is 14.8 Å². The predicted molar refractivity (Wildman–Crippen MR) is 104 cm³/mol. The van der Waals surface area contributed by atoms with Gasteiger partial charge in [-0.1, -0.05) is 30.3 Å². The summed E-state index contributed by atoms with van der Waals surface area (Å²) < 4.78 is 11.3. The van der Waals surface area contributed by atoms with Crippen LogP contribution in [0.15, 0.2) is 60.0 Å². The Morgan fingerprint density at radius 3 is 2.65 bits per heavy atom. The standard InChI is InChI=1S/C20H20N2O3S/c1-3-24-18-12-8-7-11-16(18)17-13-26-20(21-17)22-19(23)14(2)25-15-9-5-4-6-10-15/h4-14H,3H2,1-2H3,(H,21,22,23). The molecule has 1 amide bonds. The molecule has 3 rings (SSSR count). The summed E-state index contributed by atoms with van der Waals surface area (Å²) >= 11 is 1.37. The van der Waals surface area contributed by atoms with Crippen LogP contribution in [0.25, 0.3) is 11.3 Å². The van der Waals surface area contributed by atoms with Crippen molar-refractivity contribution in [1.29, 1.82) is 0 Å². The van der Waals surface area contributed by atoms with Crippen LogP contribution in [-0.4, -0.2) is 23.6 Å². The molecule has 0 aliphatic heterocycles. The van der Waals surface area contributed by atoms with Crippen LogP contribution in [0.4, 0.5) is 5.13 Å². The van der Waals surface area contributed by atoms with Gasteiger partial charge in [0.25, 0.3) is 5.91 Å². The number of amides is 1. The van der Waals surface area contributed by atoms with Gasteiger partial charge in [-0.25, -0.2) is 4.98 Å². The maximum Gasteiger partial charge on any atom is 0.266 e. The Hall–Kier alpha value is -2.86. The fourth-order valence-corrected chi connectivity index (χ4v) is 3.09. The molecule has 0 bridgehead atoms. The van der Waals surface area contributed by atoms with Crippen LogP contribution in [0.5, 0.6) is 11.5 Å². The lowest BCUT2D eigenvalue weighted by atomic mass is 10.1. The van der Waals surface area contributed by atoms with Gasteiger partial charge in [0.1, 0.15) is 11.5 Å². The summed E-state index contributed by atoms with van der Waals surface area (Å²) in [7, 11) is 0. The zero-order chi connectivity index (χ0) is 18.4. The molecule has 3 aromatic rings. The van der Waals surface area contributed by atoms with Crippen LogP contribution in [0, 0.1) is 0 Å². The van der Waals surface area contributed by atoms with E-state index in [-0.39, 0.29) is 5.91 Å². The summed E-state index contributed by atoms with van der Waals surface area (Å²) in [6.07, 6.45) is -0.625. The normalized spacial score (nSPS) is 11.6. The Kier molecular flexibility index (Phi) is 5.86. The number of anilines is 1. The number of rotatable bonds is 7. The van der Waals surface area contributed by atoms with Crippen LogP contribution >= 0.6 is 11.3 Å². The largest absolute Gasteiger partial charge is 0.493 e. The summed E-state index contributed by atoms with van der Waals surface area (Å²) in [4.78, 5) is 16.8. The van der Waals surface area contributed by atoms with Gasteiger partial charge in [-0.05, 0) is 38.1 Å². The highest BCUT2D eigenvalue weighted by molar-refractivity contribution is 7.14. The van der Waals surface area contributed by atoms with Gasteiger partial charge < -0.3 is 9.47 Å². The third kappa shape index (κ3) is 4.40. The third-order valence-electron chi connectivity index (χ3n) is 3.62. The number of thiazole rings is 1. The van der Waals surface area contributed by atoms with E-state index in [9.17, 15) is 4.79 Å². The minimum atomic E-state index is -0.625. The van der Waals surface area contributed by atoms with Crippen LogP contribution in [0.1, 0.15) is 13.8 Å². The smallest absolute Gasteiger partial charge is 0.266 e. The van der Waals surface area contributed by atoms with Gasteiger partial charge in [-0.3, -0.25) is 10.1 Å². The molecule has 0 aliphatic rings. The van der Waals surface area contributed by atoms with E-state index in [1.165, 1.54) is 11.3 Å². The molecule has 1 aromatic heterocycles. The highest BCUT2D eigenvalue weighted by Gasteiger charge is 2.17. The molecule has 26 heavy (non-hydrogen) atoms. The molecular weight excluding hydrogens is 348 g/mol. The number of carbonyl (C=O) groups excluding carboxylic acids is 1. The summed E-state index contributed by atoms with van der Waals surface area (Å²) in [5, 5.41) is 5.23. The monoisotopic (exact) mass is 368 g/mol. The van der Waals surface area contributed by atoms with Gasteiger partial charge in [0.2, 0.25) is 0 Å². The predicted octanol–water partition coefficient (Wildman–Crippen LogP) is 4.61. The molecule has 1 heterocycles. The zero-order valence-corrected chi connectivity index (χ0v) is 15.5. The van der Waals surface area contributed by atoms with Crippen molar-refractivity contribution in [2.75, 3.05) is 11.9 Å². The van der Waals surface area contributed by atoms with E-state index in [0.29, 0.717) is 17.5 Å². The molecular formula is C20H20N2O3S. The van der Waals surface area contributed by atoms with Gasteiger partial charge in [0, 0.05) is 10.9 Å². The average Bonchev–Trinajstić information content (AvgIpc) is 3.11. The number of benzene rings is 2. The first-order valence-electron chi connectivity index (χ1n) is 8.37. The second kappa shape index (κ2) is 8.49. The molecule has 2 aromatic carbocycles. The van der Waals surface area contributed by atoms with Crippen LogP contribution in [0.2, 0.25) is 0 Å².